The van der Waals surface area contributed by atoms with Crippen LogP contribution in [0.25, 0.3) is 0 Å². The average Bonchev–Trinajstić information content (AvgIpc) is 2.05. The summed E-state index contributed by atoms with van der Waals surface area (Å²) in [5, 5.41) is 17.2. The largest absolute Gasteiger partial charge is 0.385 e. The molecule has 0 saturated carbocycles. The van der Waals surface area contributed by atoms with Gasteiger partial charge in [0.05, 0.1) is 5.56 Å². The van der Waals surface area contributed by atoms with E-state index in [9.17, 15) is 0 Å². The van der Waals surface area contributed by atoms with E-state index in [1.807, 2.05) is 6.07 Å². The number of aliphatic hydroxyl groups is 1. The fraction of sp³-hybridized carbons (Fsp3) is 0. The minimum absolute atomic E-state index is 0.591. The lowest BCUT2D eigenvalue weighted by Gasteiger charge is -1.96. The van der Waals surface area contributed by atoms with Gasteiger partial charge in [0.1, 0.15) is 12.7 Å². The van der Waals surface area contributed by atoms with E-state index >= 15 is 0 Å². The normalized spacial score (nSPS) is 9.18. The van der Waals surface area contributed by atoms with Gasteiger partial charge in [0.2, 0.25) is 0 Å². The molecule has 2 nitrogen and oxygen atoms in total. The predicted molar refractivity (Wildman–Crippen MR) is 49.2 cm³/mol. The summed E-state index contributed by atoms with van der Waals surface area (Å²) >= 11 is 2.08. The third kappa shape index (κ3) is 1.91. The third-order valence-corrected chi connectivity index (χ3v) is 2.20. The number of aliphatic hydroxyl groups excluding tert-OH is 1. The van der Waals surface area contributed by atoms with Gasteiger partial charge in [0, 0.05) is 3.57 Å². The Morgan fingerprint density at radius 3 is 2.82 bits per heavy atom. The van der Waals surface area contributed by atoms with E-state index in [1.54, 1.807) is 18.2 Å². The number of hydrogen-bond donors (Lipinski definition) is 1. The molecule has 11 heavy (non-hydrogen) atoms. The van der Waals surface area contributed by atoms with E-state index in [1.165, 1.54) is 0 Å². The maximum Gasteiger partial charge on any atom is 0.109 e. The highest BCUT2D eigenvalue weighted by Crippen LogP contribution is 2.13. The first-order chi connectivity index (χ1) is 5.27. The molecule has 0 spiro atoms. The van der Waals surface area contributed by atoms with Crippen LogP contribution in [-0.4, -0.2) is 5.11 Å². The number of halogens is 1. The molecule has 0 bridgehead atoms. The zero-order chi connectivity index (χ0) is 8.27. The van der Waals surface area contributed by atoms with Crippen molar-refractivity contribution in [3.05, 3.63) is 39.5 Å². The second kappa shape index (κ2) is 3.69. The smallest absolute Gasteiger partial charge is 0.109 e. The first kappa shape index (κ1) is 8.50. The van der Waals surface area contributed by atoms with Crippen LogP contribution in [-0.2, 0) is 0 Å². The van der Waals surface area contributed by atoms with Crippen molar-refractivity contribution in [3.63, 3.8) is 0 Å². The highest BCUT2D eigenvalue weighted by atomic mass is 127. The van der Waals surface area contributed by atoms with Gasteiger partial charge in [-0.25, -0.2) is 0 Å². The summed E-state index contributed by atoms with van der Waals surface area (Å²) in [6.07, 6.45) is 0. The minimum Gasteiger partial charge on any atom is -0.385 e. The van der Waals surface area contributed by atoms with Gasteiger partial charge in [-0.2, -0.15) is 5.26 Å². The fourth-order valence-corrected chi connectivity index (χ4v) is 1.16. The molecule has 3 heteroatoms. The number of nitriles is 1. The Hall–Kier alpha value is -0.600. The van der Waals surface area contributed by atoms with Crippen molar-refractivity contribution in [1.82, 2.24) is 0 Å². The van der Waals surface area contributed by atoms with Crippen molar-refractivity contribution >= 4 is 22.6 Å². The van der Waals surface area contributed by atoms with Gasteiger partial charge < -0.3 is 5.11 Å². The third-order valence-electron chi connectivity index (χ3n) is 1.26. The number of nitrogens with zero attached hydrogens (tertiary/aromatic N) is 1. The Morgan fingerprint density at radius 1 is 1.55 bits per heavy atom. The van der Waals surface area contributed by atoms with Crippen molar-refractivity contribution in [2.24, 2.45) is 0 Å². The fourth-order valence-electron chi connectivity index (χ4n) is 0.709. The van der Waals surface area contributed by atoms with Gasteiger partial charge in [-0.3, -0.25) is 0 Å². The Morgan fingerprint density at radius 2 is 2.27 bits per heavy atom. The summed E-state index contributed by atoms with van der Waals surface area (Å²) in [5.41, 5.74) is 1.25. The Kier molecular flexibility index (Phi) is 2.85. The van der Waals surface area contributed by atoms with Crippen LogP contribution in [0.4, 0.5) is 0 Å². The van der Waals surface area contributed by atoms with E-state index < -0.39 is 0 Å². The molecular weight excluding hydrogens is 253 g/mol. The van der Waals surface area contributed by atoms with Gasteiger partial charge in [-0.1, -0.05) is 6.07 Å². The van der Waals surface area contributed by atoms with Crippen LogP contribution in [0.1, 0.15) is 11.1 Å². The highest BCUT2D eigenvalue weighted by molar-refractivity contribution is 14.1. The van der Waals surface area contributed by atoms with Crippen LogP contribution in [0.3, 0.4) is 0 Å². The zero-order valence-corrected chi connectivity index (χ0v) is 7.74. The zero-order valence-electron chi connectivity index (χ0n) is 5.58. The van der Waals surface area contributed by atoms with E-state index in [4.69, 9.17) is 10.4 Å². The van der Waals surface area contributed by atoms with Crippen LogP contribution in [0, 0.1) is 21.5 Å². The first-order valence-electron chi connectivity index (χ1n) is 2.95. The molecule has 0 aliphatic carbocycles. The molecule has 0 fully saturated rings. The van der Waals surface area contributed by atoms with E-state index in [0.29, 0.717) is 11.1 Å². The van der Waals surface area contributed by atoms with Crippen molar-refractivity contribution < 1.29 is 5.11 Å². The molecule has 1 aromatic rings. The Bertz CT molecular complexity index is 303. The maximum atomic E-state index is 8.61. The first-order valence-corrected chi connectivity index (χ1v) is 4.03. The molecule has 0 amide bonds. The van der Waals surface area contributed by atoms with E-state index in [2.05, 4.69) is 22.6 Å². The Balaban J connectivity index is 3.15. The molecule has 1 radical (unpaired) electrons. The lowest BCUT2D eigenvalue weighted by molar-refractivity contribution is 0.415. The van der Waals surface area contributed by atoms with Crippen LogP contribution in [0.2, 0.25) is 0 Å². The molecule has 0 aromatic heterocycles. The number of benzene rings is 1. The maximum absolute atomic E-state index is 8.61. The van der Waals surface area contributed by atoms with Gasteiger partial charge in [-0.05, 0) is 40.3 Å². The number of rotatable bonds is 1. The van der Waals surface area contributed by atoms with Crippen molar-refractivity contribution in [2.45, 2.75) is 0 Å². The minimum atomic E-state index is 0.591. The Labute approximate surface area is 78.6 Å². The van der Waals surface area contributed by atoms with Crippen LogP contribution >= 0.6 is 22.6 Å². The second-order valence-corrected chi connectivity index (χ2v) is 3.14. The monoisotopic (exact) mass is 258 g/mol. The lowest BCUT2D eigenvalue weighted by atomic mass is 10.1. The topological polar surface area (TPSA) is 44.0 Å². The SMILES string of the molecule is N#Cc1cc([CH]O)ccc1I. The average molecular weight is 258 g/mol. The molecule has 0 aliphatic rings. The number of hydrogen-bond acceptors (Lipinski definition) is 2. The van der Waals surface area contributed by atoms with Gasteiger partial charge in [-0.15, -0.1) is 0 Å². The molecule has 0 heterocycles. The summed E-state index contributed by atoms with van der Waals surface area (Å²) < 4.78 is 0.899. The quantitative estimate of drug-likeness (QED) is 0.783. The van der Waals surface area contributed by atoms with E-state index in [0.717, 1.165) is 10.2 Å². The summed E-state index contributed by atoms with van der Waals surface area (Å²) in [5.74, 6) is 0. The molecule has 0 saturated heterocycles. The van der Waals surface area contributed by atoms with Gasteiger partial charge >= 0.3 is 0 Å². The molecular formula is C8H5INO. The van der Waals surface area contributed by atoms with Crippen LogP contribution < -0.4 is 0 Å². The molecule has 1 rings (SSSR count). The van der Waals surface area contributed by atoms with Gasteiger partial charge in [0.25, 0.3) is 0 Å². The molecule has 1 N–H and O–H groups in total. The molecule has 1 aromatic carbocycles. The molecule has 0 unspecified atom stereocenters. The summed E-state index contributed by atoms with van der Waals surface area (Å²) in [7, 11) is 0. The predicted octanol–water partition coefficient (Wildman–Crippen LogP) is 2.05. The summed E-state index contributed by atoms with van der Waals surface area (Å²) in [6, 6.07) is 7.22. The van der Waals surface area contributed by atoms with Gasteiger partial charge in [0.15, 0.2) is 0 Å². The standard InChI is InChI=1S/C8H5INO/c9-8-2-1-6(5-11)3-7(8)4-10/h1-3,5,11H. The second-order valence-electron chi connectivity index (χ2n) is 1.98. The van der Waals surface area contributed by atoms with Crippen LogP contribution in [0.5, 0.6) is 0 Å². The summed E-state index contributed by atoms with van der Waals surface area (Å²) in [4.78, 5) is 0. The van der Waals surface area contributed by atoms with Crippen molar-refractivity contribution in [1.29, 1.82) is 5.26 Å². The lowest BCUT2D eigenvalue weighted by Crippen LogP contribution is -1.85. The highest BCUT2D eigenvalue weighted by Gasteiger charge is 1.98. The molecule has 0 atom stereocenters. The summed E-state index contributed by atoms with van der Waals surface area (Å²) in [6.45, 7) is 0.983. The molecule has 0 aliphatic heterocycles. The van der Waals surface area contributed by atoms with Crippen LogP contribution in [0.15, 0.2) is 18.2 Å². The van der Waals surface area contributed by atoms with E-state index in [-0.39, 0.29) is 0 Å². The van der Waals surface area contributed by atoms with Crippen molar-refractivity contribution in [2.75, 3.05) is 0 Å². The van der Waals surface area contributed by atoms with Crippen molar-refractivity contribution in [3.8, 4) is 6.07 Å². The molecule has 55 valence electrons.